The molecule has 0 aliphatic heterocycles. The molecular formula is C21H21N4O3S2-. The summed E-state index contributed by atoms with van der Waals surface area (Å²) in [6, 6.07) is 14.1. The summed E-state index contributed by atoms with van der Waals surface area (Å²) in [6.07, 6.45) is 0.169. The quantitative estimate of drug-likeness (QED) is 0.491. The molecule has 3 aromatic rings. The van der Waals surface area contributed by atoms with Crippen molar-refractivity contribution >= 4 is 45.8 Å². The molecule has 2 aromatic carbocycles. The Hall–Kier alpha value is -2.91. The highest BCUT2D eigenvalue weighted by Gasteiger charge is 2.15. The number of nitrogens with one attached hydrogen (secondary N) is 2. The third kappa shape index (κ3) is 6.30. The number of carbonyl (C=O) groups is 2. The van der Waals surface area contributed by atoms with Crippen LogP contribution in [0.3, 0.4) is 0 Å². The number of hydrogen-bond donors (Lipinski definition) is 2. The van der Waals surface area contributed by atoms with Crippen LogP contribution in [-0.4, -0.2) is 33.9 Å². The van der Waals surface area contributed by atoms with E-state index in [2.05, 4.69) is 26.9 Å². The molecule has 0 bridgehead atoms. The van der Waals surface area contributed by atoms with Crippen molar-refractivity contribution < 1.29 is 14.7 Å². The predicted molar refractivity (Wildman–Crippen MR) is 117 cm³/mol. The van der Waals surface area contributed by atoms with E-state index in [1.54, 1.807) is 0 Å². The first kappa shape index (κ1) is 21.8. The number of nitrogens with zero attached hydrogens (tertiary/aromatic N) is 2. The van der Waals surface area contributed by atoms with Gasteiger partial charge in [0.1, 0.15) is 0 Å². The van der Waals surface area contributed by atoms with Crippen molar-refractivity contribution in [1.29, 1.82) is 0 Å². The van der Waals surface area contributed by atoms with Gasteiger partial charge in [0.05, 0.1) is 17.8 Å². The van der Waals surface area contributed by atoms with Gasteiger partial charge in [0.15, 0.2) is 4.34 Å². The molecule has 1 heterocycles. The molecule has 0 saturated heterocycles. The zero-order chi connectivity index (χ0) is 21.5. The monoisotopic (exact) mass is 441 g/mol. The van der Waals surface area contributed by atoms with Crippen LogP contribution >= 0.6 is 23.1 Å². The average Bonchev–Trinajstić information content (AvgIpc) is 3.16. The number of aromatic nitrogens is 2. The van der Waals surface area contributed by atoms with Crippen LogP contribution in [0.15, 0.2) is 52.9 Å². The first-order valence-corrected chi connectivity index (χ1v) is 11.1. The van der Waals surface area contributed by atoms with Gasteiger partial charge >= 0.3 is 0 Å². The molecule has 9 heteroatoms. The van der Waals surface area contributed by atoms with E-state index in [0.29, 0.717) is 9.47 Å². The number of aliphatic carboxylic acids is 1. The van der Waals surface area contributed by atoms with Crippen molar-refractivity contribution in [3.8, 4) is 0 Å². The first-order chi connectivity index (χ1) is 14.4. The molecule has 0 radical (unpaired) electrons. The molecule has 3 rings (SSSR count). The molecule has 2 N–H and O–H groups in total. The summed E-state index contributed by atoms with van der Waals surface area (Å²) in [4.78, 5) is 23.6. The number of amides is 1. The van der Waals surface area contributed by atoms with Crippen molar-refractivity contribution in [2.45, 2.75) is 30.6 Å². The molecule has 1 atom stereocenters. The molecule has 0 saturated carbocycles. The van der Waals surface area contributed by atoms with Gasteiger partial charge < -0.3 is 20.5 Å². The predicted octanol–water partition coefficient (Wildman–Crippen LogP) is 2.47. The number of thioether (sulfide) groups is 1. The van der Waals surface area contributed by atoms with Gasteiger partial charge in [0, 0.05) is 5.69 Å². The van der Waals surface area contributed by atoms with Gasteiger partial charge in [0.2, 0.25) is 11.0 Å². The Morgan fingerprint density at radius 2 is 1.90 bits per heavy atom. The zero-order valence-electron chi connectivity index (χ0n) is 16.5. The Labute approximate surface area is 182 Å². The lowest BCUT2D eigenvalue weighted by Gasteiger charge is -2.19. The van der Waals surface area contributed by atoms with Gasteiger partial charge in [-0.15, -0.1) is 10.2 Å². The molecule has 0 aliphatic carbocycles. The van der Waals surface area contributed by atoms with Crippen LogP contribution in [0.1, 0.15) is 16.7 Å². The van der Waals surface area contributed by atoms with Crippen molar-refractivity contribution in [2.24, 2.45) is 0 Å². The number of benzene rings is 2. The SMILES string of the molecule is Cc1ccc(Nc2nnc(SCC(=O)N[C@@H](Cc3ccccc3)C(=O)[O-])s2)c(C)c1. The highest BCUT2D eigenvalue weighted by Crippen LogP contribution is 2.28. The van der Waals surface area contributed by atoms with Crippen LogP contribution in [0.5, 0.6) is 0 Å². The number of carboxylic acids is 1. The number of carbonyl (C=O) groups excluding carboxylic acids is 2. The molecule has 1 aromatic heterocycles. The van der Waals surface area contributed by atoms with Crippen LogP contribution in [-0.2, 0) is 16.0 Å². The summed E-state index contributed by atoms with van der Waals surface area (Å²) in [7, 11) is 0. The first-order valence-electron chi connectivity index (χ1n) is 9.25. The van der Waals surface area contributed by atoms with E-state index < -0.39 is 17.9 Å². The maximum atomic E-state index is 12.2. The summed E-state index contributed by atoms with van der Waals surface area (Å²) >= 11 is 2.54. The summed E-state index contributed by atoms with van der Waals surface area (Å²) in [6.45, 7) is 4.05. The van der Waals surface area contributed by atoms with Crippen molar-refractivity contribution in [3.63, 3.8) is 0 Å². The summed E-state index contributed by atoms with van der Waals surface area (Å²) in [5.74, 6) is -1.67. The molecule has 0 fully saturated rings. The van der Waals surface area contributed by atoms with Gasteiger partial charge in [-0.25, -0.2) is 0 Å². The lowest BCUT2D eigenvalue weighted by molar-refractivity contribution is -0.308. The minimum atomic E-state index is -1.31. The number of hydrogen-bond acceptors (Lipinski definition) is 8. The van der Waals surface area contributed by atoms with E-state index in [0.717, 1.165) is 16.8 Å². The maximum absolute atomic E-state index is 12.2. The minimum absolute atomic E-state index is 0.0385. The zero-order valence-corrected chi connectivity index (χ0v) is 18.2. The lowest BCUT2D eigenvalue weighted by Crippen LogP contribution is -2.49. The Bertz CT molecular complexity index is 1020. The van der Waals surface area contributed by atoms with E-state index in [9.17, 15) is 14.7 Å². The van der Waals surface area contributed by atoms with Crippen molar-refractivity contribution in [2.75, 3.05) is 11.1 Å². The summed E-state index contributed by atoms with van der Waals surface area (Å²) in [5.41, 5.74) is 4.04. The van der Waals surface area contributed by atoms with Gasteiger partial charge in [-0.05, 0) is 37.5 Å². The standard InChI is InChI=1S/C21H22N4O3S2/c1-13-8-9-16(14(2)10-13)23-20-24-25-21(30-20)29-12-18(26)22-17(19(27)28)11-15-6-4-3-5-7-15/h3-10,17H,11-12H2,1-2H3,(H,22,26)(H,23,24)(H,27,28)/p-1/t17-/m0/s1. The van der Waals surface area contributed by atoms with Gasteiger partial charge in [-0.3, -0.25) is 4.79 Å². The normalized spacial score (nSPS) is 11.7. The number of carboxylic acid groups (broad SMARTS) is 1. The Kier molecular flexibility index (Phi) is 7.42. The molecular weight excluding hydrogens is 420 g/mol. The van der Waals surface area contributed by atoms with E-state index in [1.807, 2.05) is 56.3 Å². The topological polar surface area (TPSA) is 107 Å². The fourth-order valence-electron chi connectivity index (χ4n) is 2.79. The second kappa shape index (κ2) is 10.2. The molecule has 0 spiro atoms. The second-order valence-electron chi connectivity index (χ2n) is 6.73. The van der Waals surface area contributed by atoms with Crippen molar-refractivity contribution in [1.82, 2.24) is 15.5 Å². The largest absolute Gasteiger partial charge is 0.548 e. The van der Waals surface area contributed by atoms with Crippen LogP contribution in [0.25, 0.3) is 0 Å². The van der Waals surface area contributed by atoms with Gasteiger partial charge in [-0.1, -0.05) is 71.1 Å². The summed E-state index contributed by atoms with van der Waals surface area (Å²) in [5, 5.41) is 25.9. The average molecular weight is 442 g/mol. The van der Waals surface area contributed by atoms with Crippen LogP contribution < -0.4 is 15.7 Å². The maximum Gasteiger partial charge on any atom is 0.230 e. The number of anilines is 2. The van der Waals surface area contributed by atoms with E-state index in [1.165, 1.54) is 28.7 Å². The highest BCUT2D eigenvalue weighted by atomic mass is 32.2. The fraction of sp³-hybridized carbons (Fsp3) is 0.238. The third-order valence-corrected chi connectivity index (χ3v) is 6.23. The van der Waals surface area contributed by atoms with Crippen LogP contribution in [0, 0.1) is 13.8 Å². The molecule has 1 amide bonds. The Morgan fingerprint density at radius 1 is 1.13 bits per heavy atom. The van der Waals surface area contributed by atoms with Gasteiger partial charge in [0.25, 0.3) is 0 Å². The number of rotatable bonds is 9. The smallest absolute Gasteiger partial charge is 0.230 e. The fourth-order valence-corrected chi connectivity index (χ4v) is 4.37. The van der Waals surface area contributed by atoms with Crippen molar-refractivity contribution in [3.05, 3.63) is 65.2 Å². The summed E-state index contributed by atoms with van der Waals surface area (Å²) < 4.78 is 0.616. The van der Waals surface area contributed by atoms with Crippen LogP contribution in [0.4, 0.5) is 10.8 Å². The molecule has 7 nitrogen and oxygen atoms in total. The van der Waals surface area contributed by atoms with Gasteiger partial charge in [-0.2, -0.15) is 0 Å². The Balaban J connectivity index is 1.52. The molecule has 30 heavy (non-hydrogen) atoms. The van der Waals surface area contributed by atoms with E-state index >= 15 is 0 Å². The van der Waals surface area contributed by atoms with E-state index in [4.69, 9.17) is 0 Å². The minimum Gasteiger partial charge on any atom is -0.548 e. The second-order valence-corrected chi connectivity index (χ2v) is 8.93. The molecule has 156 valence electrons. The lowest BCUT2D eigenvalue weighted by atomic mass is 10.1. The highest BCUT2D eigenvalue weighted by molar-refractivity contribution is 8.01. The third-order valence-electron chi connectivity index (χ3n) is 4.26. The molecule has 0 aliphatic rings. The molecule has 0 unspecified atom stereocenters. The van der Waals surface area contributed by atoms with Crippen LogP contribution in [0.2, 0.25) is 0 Å². The van der Waals surface area contributed by atoms with E-state index in [-0.39, 0.29) is 12.2 Å². The number of aryl methyl sites for hydroxylation is 2. The Morgan fingerprint density at radius 3 is 2.60 bits per heavy atom.